The van der Waals surface area contributed by atoms with E-state index in [0.717, 1.165) is 4.88 Å². The van der Waals surface area contributed by atoms with Gasteiger partial charge in [0.2, 0.25) is 0 Å². The van der Waals surface area contributed by atoms with Gasteiger partial charge in [0.1, 0.15) is 5.00 Å². The quantitative estimate of drug-likeness (QED) is 0.834. The van der Waals surface area contributed by atoms with Crippen molar-refractivity contribution in [3.05, 3.63) is 45.8 Å². The molecular weight excluding hydrogens is 312 g/mol. The third-order valence-electron chi connectivity index (χ3n) is 2.57. The predicted octanol–water partition coefficient (Wildman–Crippen LogP) is 4.14. The van der Waals surface area contributed by atoms with E-state index in [1.807, 2.05) is 6.92 Å². The van der Waals surface area contributed by atoms with Crippen LogP contribution < -0.4 is 10.6 Å². The van der Waals surface area contributed by atoms with Gasteiger partial charge in [-0.15, -0.1) is 11.3 Å². The topological polar surface area (TPSA) is 67.4 Å². The molecule has 0 bridgehead atoms. The number of halogens is 1. The highest BCUT2D eigenvalue weighted by Gasteiger charge is 2.17. The number of urea groups is 1. The summed E-state index contributed by atoms with van der Waals surface area (Å²) in [6, 6.07) is 8.00. The van der Waals surface area contributed by atoms with Crippen LogP contribution in [-0.4, -0.2) is 19.1 Å². The molecule has 2 rings (SSSR count). The molecule has 7 heteroatoms. The van der Waals surface area contributed by atoms with Gasteiger partial charge in [-0.3, -0.25) is 5.32 Å². The Bertz CT molecular complexity index is 685. The van der Waals surface area contributed by atoms with Crippen molar-refractivity contribution in [1.29, 1.82) is 0 Å². The van der Waals surface area contributed by atoms with Crippen LogP contribution in [0.1, 0.15) is 15.2 Å². The fraction of sp³-hybridized carbons (Fsp3) is 0.143. The third-order valence-corrected chi connectivity index (χ3v) is 3.77. The van der Waals surface area contributed by atoms with Gasteiger partial charge < -0.3 is 10.1 Å². The number of hydrogen-bond donors (Lipinski definition) is 2. The van der Waals surface area contributed by atoms with Crippen molar-refractivity contribution in [2.45, 2.75) is 6.92 Å². The maximum absolute atomic E-state index is 12.0. The number of aryl methyl sites for hydroxylation is 1. The number of rotatable bonds is 3. The van der Waals surface area contributed by atoms with Gasteiger partial charge in [-0.05, 0) is 31.2 Å². The number of ether oxygens (including phenoxy) is 1. The van der Waals surface area contributed by atoms with E-state index in [1.165, 1.54) is 18.4 Å². The van der Waals surface area contributed by atoms with Crippen molar-refractivity contribution < 1.29 is 14.3 Å². The minimum atomic E-state index is -0.489. The Kier molecular flexibility index (Phi) is 4.82. The van der Waals surface area contributed by atoms with Crippen molar-refractivity contribution in [3.63, 3.8) is 0 Å². The van der Waals surface area contributed by atoms with Gasteiger partial charge in [-0.1, -0.05) is 17.7 Å². The summed E-state index contributed by atoms with van der Waals surface area (Å²) in [7, 11) is 1.30. The number of thiophene rings is 1. The smallest absolute Gasteiger partial charge is 0.340 e. The highest BCUT2D eigenvalue weighted by atomic mass is 35.5. The molecule has 0 radical (unpaired) electrons. The first kappa shape index (κ1) is 15.3. The number of hydrogen-bond acceptors (Lipinski definition) is 4. The van der Waals surface area contributed by atoms with Gasteiger partial charge in [0, 0.05) is 15.6 Å². The molecule has 5 nitrogen and oxygen atoms in total. The highest BCUT2D eigenvalue weighted by molar-refractivity contribution is 7.16. The summed E-state index contributed by atoms with van der Waals surface area (Å²) in [6.07, 6.45) is 0. The second-order valence-electron chi connectivity index (χ2n) is 4.18. The number of carbonyl (C=O) groups excluding carboxylic acids is 2. The number of anilines is 2. The van der Waals surface area contributed by atoms with Crippen molar-refractivity contribution in [1.82, 2.24) is 0 Å². The lowest BCUT2D eigenvalue weighted by Crippen LogP contribution is -2.20. The fourth-order valence-electron chi connectivity index (χ4n) is 1.70. The van der Waals surface area contributed by atoms with Crippen molar-refractivity contribution >= 4 is 45.6 Å². The van der Waals surface area contributed by atoms with E-state index in [4.69, 9.17) is 11.6 Å². The average Bonchev–Trinajstić information content (AvgIpc) is 2.78. The zero-order valence-corrected chi connectivity index (χ0v) is 13.0. The molecular formula is C14H13ClN2O3S. The summed E-state index contributed by atoms with van der Waals surface area (Å²) in [5.74, 6) is -0.489. The van der Waals surface area contributed by atoms with Crippen molar-refractivity contribution in [3.8, 4) is 0 Å². The number of nitrogens with one attached hydrogen (secondary N) is 2. The Morgan fingerprint density at radius 3 is 2.67 bits per heavy atom. The fourth-order valence-corrected chi connectivity index (χ4v) is 2.79. The normalized spacial score (nSPS) is 10.0. The molecule has 110 valence electrons. The van der Waals surface area contributed by atoms with Crippen LogP contribution in [0.5, 0.6) is 0 Å². The molecule has 0 aliphatic rings. The molecule has 0 fully saturated rings. The van der Waals surface area contributed by atoms with E-state index < -0.39 is 12.0 Å². The van der Waals surface area contributed by atoms with E-state index in [-0.39, 0.29) is 0 Å². The third kappa shape index (κ3) is 3.96. The summed E-state index contributed by atoms with van der Waals surface area (Å²) in [5, 5.41) is 6.25. The van der Waals surface area contributed by atoms with Gasteiger partial charge >= 0.3 is 12.0 Å². The summed E-state index contributed by atoms with van der Waals surface area (Å²) in [4.78, 5) is 24.5. The summed E-state index contributed by atoms with van der Waals surface area (Å²) >= 11 is 7.15. The largest absolute Gasteiger partial charge is 0.465 e. The van der Waals surface area contributed by atoms with Crippen LogP contribution in [0.3, 0.4) is 0 Å². The van der Waals surface area contributed by atoms with E-state index >= 15 is 0 Å². The predicted molar refractivity (Wildman–Crippen MR) is 84.5 cm³/mol. The summed E-state index contributed by atoms with van der Waals surface area (Å²) in [6.45, 7) is 1.84. The molecule has 1 aromatic heterocycles. The number of amides is 2. The van der Waals surface area contributed by atoms with Gasteiger partial charge in [-0.2, -0.15) is 0 Å². The van der Waals surface area contributed by atoms with Crippen LogP contribution in [0.4, 0.5) is 15.5 Å². The SMILES string of the molecule is COC(=O)c1cc(C)sc1NC(=O)Nc1cccc(Cl)c1. The molecule has 1 heterocycles. The Balaban J connectivity index is 2.11. The Hall–Kier alpha value is -2.05. The zero-order valence-electron chi connectivity index (χ0n) is 11.4. The van der Waals surface area contributed by atoms with Gasteiger partial charge in [0.05, 0.1) is 12.7 Å². The highest BCUT2D eigenvalue weighted by Crippen LogP contribution is 2.28. The number of benzene rings is 1. The Labute approximate surface area is 130 Å². The lowest BCUT2D eigenvalue weighted by atomic mass is 10.3. The van der Waals surface area contributed by atoms with Crippen molar-refractivity contribution in [2.75, 3.05) is 17.7 Å². The second kappa shape index (κ2) is 6.60. The maximum atomic E-state index is 12.0. The van der Waals surface area contributed by atoms with Crippen LogP contribution in [0.25, 0.3) is 0 Å². The van der Waals surface area contributed by atoms with Crippen molar-refractivity contribution in [2.24, 2.45) is 0 Å². The molecule has 2 amide bonds. The minimum Gasteiger partial charge on any atom is -0.465 e. The monoisotopic (exact) mass is 324 g/mol. The van der Waals surface area contributed by atoms with Gasteiger partial charge in [-0.25, -0.2) is 9.59 Å². The van der Waals surface area contributed by atoms with Crippen LogP contribution >= 0.6 is 22.9 Å². The van der Waals surface area contributed by atoms with E-state index in [0.29, 0.717) is 21.3 Å². The summed E-state index contributed by atoms with van der Waals surface area (Å²) < 4.78 is 4.68. The first-order valence-electron chi connectivity index (χ1n) is 6.02. The zero-order chi connectivity index (χ0) is 15.4. The number of esters is 1. The van der Waals surface area contributed by atoms with E-state index in [1.54, 1.807) is 30.3 Å². The first-order valence-corrected chi connectivity index (χ1v) is 7.21. The lowest BCUT2D eigenvalue weighted by Gasteiger charge is -2.07. The molecule has 0 saturated carbocycles. The molecule has 0 aliphatic carbocycles. The lowest BCUT2D eigenvalue weighted by molar-refractivity contribution is 0.0602. The summed E-state index contributed by atoms with van der Waals surface area (Å²) in [5.41, 5.74) is 0.897. The number of methoxy groups -OCH3 is 1. The Morgan fingerprint density at radius 2 is 2.00 bits per heavy atom. The van der Waals surface area contributed by atoms with Crippen LogP contribution in [0.15, 0.2) is 30.3 Å². The first-order chi connectivity index (χ1) is 9.99. The second-order valence-corrected chi connectivity index (χ2v) is 5.87. The molecule has 0 atom stereocenters. The minimum absolute atomic E-state index is 0.334. The van der Waals surface area contributed by atoms with Gasteiger partial charge in [0.25, 0.3) is 0 Å². The van der Waals surface area contributed by atoms with E-state index in [9.17, 15) is 9.59 Å². The number of carbonyl (C=O) groups is 2. The van der Waals surface area contributed by atoms with Gasteiger partial charge in [0.15, 0.2) is 0 Å². The van der Waals surface area contributed by atoms with Crippen LogP contribution in [0.2, 0.25) is 5.02 Å². The standard InChI is InChI=1S/C14H13ClN2O3S/c1-8-6-11(13(18)20-2)12(21-8)17-14(19)16-10-5-3-4-9(15)7-10/h3-7H,1-2H3,(H2,16,17,19). The average molecular weight is 325 g/mol. The molecule has 0 saturated heterocycles. The molecule has 2 N–H and O–H groups in total. The molecule has 1 aromatic carbocycles. The van der Waals surface area contributed by atoms with Crippen LogP contribution in [-0.2, 0) is 4.74 Å². The molecule has 21 heavy (non-hydrogen) atoms. The van der Waals surface area contributed by atoms with Crippen LogP contribution in [0, 0.1) is 6.92 Å². The maximum Gasteiger partial charge on any atom is 0.340 e. The molecule has 0 spiro atoms. The molecule has 0 aliphatic heterocycles. The van der Waals surface area contributed by atoms with E-state index in [2.05, 4.69) is 15.4 Å². The molecule has 0 unspecified atom stereocenters. The molecule has 2 aromatic rings. The Morgan fingerprint density at radius 1 is 1.24 bits per heavy atom.